The van der Waals surface area contributed by atoms with Gasteiger partial charge < -0.3 is 14.2 Å². The van der Waals surface area contributed by atoms with Crippen molar-refractivity contribution >= 4 is 22.8 Å². The van der Waals surface area contributed by atoms with Crippen LogP contribution in [0.25, 0.3) is 16.7 Å². The van der Waals surface area contributed by atoms with E-state index in [9.17, 15) is 9.18 Å². The first kappa shape index (κ1) is 23.8. The van der Waals surface area contributed by atoms with Crippen molar-refractivity contribution in [2.45, 2.75) is 19.8 Å². The van der Waals surface area contributed by atoms with E-state index in [0.717, 1.165) is 41.1 Å². The van der Waals surface area contributed by atoms with Gasteiger partial charge in [0.05, 0.1) is 23.0 Å². The first-order valence-corrected chi connectivity index (χ1v) is 12.7. The molecule has 5 aromatic rings. The van der Waals surface area contributed by atoms with E-state index in [-0.39, 0.29) is 11.7 Å². The third-order valence-electron chi connectivity index (χ3n) is 6.82. The molecule has 3 aromatic heterocycles. The number of carbonyl (C=O) groups is 1. The predicted octanol–water partition coefficient (Wildman–Crippen LogP) is 4.80. The van der Waals surface area contributed by atoms with Gasteiger partial charge in [-0.3, -0.25) is 4.79 Å². The third kappa shape index (κ3) is 4.63. The maximum Gasteiger partial charge on any atom is 0.289 e. The van der Waals surface area contributed by atoms with E-state index in [0.29, 0.717) is 43.3 Å². The minimum atomic E-state index is -0.305. The zero-order valence-electron chi connectivity index (χ0n) is 21.0. The number of hydrogen-bond donors (Lipinski definition) is 0. The molecule has 0 saturated carbocycles. The lowest BCUT2D eigenvalue weighted by atomic mass is 10.1. The molecule has 0 unspecified atom stereocenters. The molecule has 1 aliphatic heterocycles. The van der Waals surface area contributed by atoms with Crippen LogP contribution in [0, 0.1) is 12.7 Å². The summed E-state index contributed by atoms with van der Waals surface area (Å²) in [4.78, 5) is 26.9. The molecule has 1 amide bonds. The molecule has 0 spiro atoms. The summed E-state index contributed by atoms with van der Waals surface area (Å²) in [6.45, 7) is 4.47. The number of aromatic nitrogens is 4. The van der Waals surface area contributed by atoms with Gasteiger partial charge in [-0.15, -0.1) is 0 Å². The Morgan fingerprint density at radius 3 is 2.53 bits per heavy atom. The minimum Gasteiger partial charge on any atom is -0.459 e. The van der Waals surface area contributed by atoms with Crippen molar-refractivity contribution in [1.82, 2.24) is 24.6 Å². The number of anilines is 1. The van der Waals surface area contributed by atoms with Gasteiger partial charge in [-0.25, -0.2) is 19.0 Å². The highest BCUT2D eigenvalue weighted by molar-refractivity contribution is 5.92. The number of fused-ring (bicyclic) bond motifs is 1. The maximum absolute atomic E-state index is 13.7. The Labute approximate surface area is 219 Å². The predicted molar refractivity (Wildman–Crippen MR) is 142 cm³/mol. The molecule has 9 heteroatoms. The van der Waals surface area contributed by atoms with Gasteiger partial charge in [0.2, 0.25) is 0 Å². The number of benzene rings is 2. The lowest BCUT2D eigenvalue weighted by Gasteiger charge is -2.23. The standard InChI is InChI=1S/C29H27FN6O2/c1-20-26-27(34-14-6-15-35(17-16-34)29(37)24-9-5-18-38-24)31-25(19-21-7-3-2-4-8-21)32-28(26)36(33-20)23-12-10-22(30)11-13-23/h2-5,7-13,18H,6,14-17,19H2,1H3. The summed E-state index contributed by atoms with van der Waals surface area (Å²) in [6, 6.07) is 19.8. The second-order valence-corrected chi connectivity index (χ2v) is 9.41. The molecule has 2 aromatic carbocycles. The molecule has 0 radical (unpaired) electrons. The topological polar surface area (TPSA) is 80.3 Å². The Bertz CT molecular complexity index is 1560. The van der Waals surface area contributed by atoms with Gasteiger partial charge in [0.1, 0.15) is 17.5 Å². The molecule has 8 nitrogen and oxygen atoms in total. The quantitative estimate of drug-likeness (QED) is 0.338. The number of nitrogens with zero attached hydrogens (tertiary/aromatic N) is 6. The Hall–Kier alpha value is -4.53. The number of halogens is 1. The molecule has 6 rings (SSSR count). The zero-order chi connectivity index (χ0) is 26.1. The second-order valence-electron chi connectivity index (χ2n) is 9.41. The van der Waals surface area contributed by atoms with E-state index in [2.05, 4.69) is 17.0 Å². The summed E-state index contributed by atoms with van der Waals surface area (Å²) < 4.78 is 20.8. The Kier molecular flexibility index (Phi) is 6.33. The average Bonchev–Trinajstić information content (AvgIpc) is 3.51. The van der Waals surface area contributed by atoms with Crippen molar-refractivity contribution < 1.29 is 13.6 Å². The summed E-state index contributed by atoms with van der Waals surface area (Å²) >= 11 is 0. The summed E-state index contributed by atoms with van der Waals surface area (Å²) in [5, 5.41) is 5.64. The first-order valence-electron chi connectivity index (χ1n) is 12.7. The number of amides is 1. The number of hydrogen-bond acceptors (Lipinski definition) is 6. The van der Waals surface area contributed by atoms with Gasteiger partial charge >= 0.3 is 0 Å². The molecule has 38 heavy (non-hydrogen) atoms. The Balaban J connectivity index is 1.40. The van der Waals surface area contributed by atoms with Gasteiger partial charge in [-0.2, -0.15) is 5.10 Å². The van der Waals surface area contributed by atoms with Crippen LogP contribution in [0.5, 0.6) is 0 Å². The molecule has 0 aliphatic carbocycles. The minimum absolute atomic E-state index is 0.102. The van der Waals surface area contributed by atoms with Crippen LogP contribution in [-0.4, -0.2) is 56.7 Å². The highest BCUT2D eigenvalue weighted by Crippen LogP contribution is 2.30. The van der Waals surface area contributed by atoms with Crippen molar-refractivity contribution in [2.24, 2.45) is 0 Å². The number of aryl methyl sites for hydroxylation is 1. The van der Waals surface area contributed by atoms with Gasteiger partial charge in [0.25, 0.3) is 5.91 Å². The maximum atomic E-state index is 13.7. The summed E-state index contributed by atoms with van der Waals surface area (Å²) in [6.07, 6.45) is 2.87. The summed E-state index contributed by atoms with van der Waals surface area (Å²) in [5.74, 6) is 1.42. The van der Waals surface area contributed by atoms with Crippen LogP contribution in [0.3, 0.4) is 0 Å². The van der Waals surface area contributed by atoms with Gasteiger partial charge in [-0.05, 0) is 55.3 Å². The van der Waals surface area contributed by atoms with Crippen LogP contribution in [0.4, 0.5) is 10.2 Å². The lowest BCUT2D eigenvalue weighted by molar-refractivity contribution is 0.0735. The monoisotopic (exact) mass is 510 g/mol. The molecule has 192 valence electrons. The van der Waals surface area contributed by atoms with Crippen molar-refractivity contribution in [2.75, 3.05) is 31.1 Å². The van der Waals surface area contributed by atoms with Crippen LogP contribution in [0.2, 0.25) is 0 Å². The fraction of sp³-hybridized carbons (Fsp3) is 0.241. The van der Waals surface area contributed by atoms with E-state index in [1.54, 1.807) is 28.9 Å². The highest BCUT2D eigenvalue weighted by atomic mass is 19.1. The fourth-order valence-electron chi connectivity index (χ4n) is 4.94. The number of furan rings is 1. The van der Waals surface area contributed by atoms with E-state index in [4.69, 9.17) is 19.5 Å². The second kappa shape index (κ2) is 10.1. The van der Waals surface area contributed by atoms with E-state index >= 15 is 0 Å². The smallest absolute Gasteiger partial charge is 0.289 e. The van der Waals surface area contributed by atoms with E-state index in [1.165, 1.54) is 18.4 Å². The zero-order valence-corrected chi connectivity index (χ0v) is 21.0. The van der Waals surface area contributed by atoms with Gasteiger partial charge in [0.15, 0.2) is 11.4 Å². The molecule has 1 saturated heterocycles. The van der Waals surface area contributed by atoms with Crippen molar-refractivity contribution in [3.63, 3.8) is 0 Å². The first-order chi connectivity index (χ1) is 18.6. The molecule has 0 bridgehead atoms. The van der Waals surface area contributed by atoms with Crippen LogP contribution in [0.1, 0.15) is 34.1 Å². The lowest BCUT2D eigenvalue weighted by Crippen LogP contribution is -2.35. The molecule has 1 aliphatic rings. The highest BCUT2D eigenvalue weighted by Gasteiger charge is 2.26. The summed E-state index contributed by atoms with van der Waals surface area (Å²) in [7, 11) is 0. The van der Waals surface area contributed by atoms with Crippen LogP contribution >= 0.6 is 0 Å². The van der Waals surface area contributed by atoms with Crippen LogP contribution in [-0.2, 0) is 6.42 Å². The van der Waals surface area contributed by atoms with E-state index in [1.807, 2.05) is 30.0 Å². The molecule has 1 fully saturated rings. The Morgan fingerprint density at radius 2 is 1.76 bits per heavy atom. The normalized spacial score (nSPS) is 14.2. The summed E-state index contributed by atoms with van der Waals surface area (Å²) in [5.41, 5.74) is 3.30. The molecule has 0 atom stereocenters. The average molecular weight is 511 g/mol. The number of carbonyl (C=O) groups excluding carboxylic acids is 1. The third-order valence-corrected chi connectivity index (χ3v) is 6.82. The van der Waals surface area contributed by atoms with Gasteiger partial charge in [0, 0.05) is 32.6 Å². The molecule has 4 heterocycles. The molecular formula is C29H27FN6O2. The van der Waals surface area contributed by atoms with Crippen molar-refractivity contribution in [3.8, 4) is 5.69 Å². The largest absolute Gasteiger partial charge is 0.459 e. The Morgan fingerprint density at radius 1 is 0.947 bits per heavy atom. The number of rotatable bonds is 5. The van der Waals surface area contributed by atoms with Crippen molar-refractivity contribution in [3.05, 3.63) is 102 Å². The van der Waals surface area contributed by atoms with Crippen LogP contribution in [0.15, 0.2) is 77.4 Å². The molecule has 0 N–H and O–H groups in total. The van der Waals surface area contributed by atoms with E-state index < -0.39 is 0 Å². The fourth-order valence-corrected chi connectivity index (χ4v) is 4.94. The van der Waals surface area contributed by atoms with Crippen molar-refractivity contribution in [1.29, 1.82) is 0 Å². The van der Waals surface area contributed by atoms with Gasteiger partial charge in [-0.1, -0.05) is 30.3 Å². The SMILES string of the molecule is Cc1nn(-c2ccc(F)cc2)c2nc(Cc3ccccc3)nc(N3CCCN(C(=O)c4ccco4)CC3)c12. The van der Waals surface area contributed by atoms with Crippen LogP contribution < -0.4 is 4.90 Å². The molecular weight excluding hydrogens is 483 g/mol.